The first kappa shape index (κ1) is 28.5. The zero-order valence-electron chi connectivity index (χ0n) is 20.8. The van der Waals surface area contributed by atoms with Gasteiger partial charge in [0.05, 0.1) is 9.99 Å². The van der Waals surface area contributed by atoms with E-state index in [0.29, 0.717) is 47.1 Å². The number of carbonyl (C=O) groups is 1. The average molecular weight is 654 g/mol. The fourth-order valence-electron chi connectivity index (χ4n) is 4.72. The molecule has 0 aliphatic carbocycles. The van der Waals surface area contributed by atoms with Crippen LogP contribution in [0.3, 0.4) is 0 Å². The third kappa shape index (κ3) is 6.63. The molecule has 1 N–H and O–H groups in total. The number of fused-ring (bicyclic) bond motifs is 3. The van der Waals surface area contributed by atoms with Gasteiger partial charge < -0.3 is 10.1 Å². The number of pyridine rings is 1. The van der Waals surface area contributed by atoms with Crippen LogP contribution < -0.4 is 10.1 Å². The highest BCUT2D eigenvalue weighted by molar-refractivity contribution is 9.10. The molecule has 0 saturated carbocycles. The number of nitrogens with one attached hydrogen (secondary N) is 1. The van der Waals surface area contributed by atoms with Crippen molar-refractivity contribution >= 4 is 62.1 Å². The van der Waals surface area contributed by atoms with E-state index in [9.17, 15) is 18.0 Å². The predicted molar refractivity (Wildman–Crippen MR) is 153 cm³/mol. The summed E-state index contributed by atoms with van der Waals surface area (Å²) < 4.78 is 45.2. The molecule has 12 heteroatoms. The summed E-state index contributed by atoms with van der Waals surface area (Å²) in [7, 11) is 0. The molecule has 3 heterocycles. The minimum absolute atomic E-state index is 0.0879. The van der Waals surface area contributed by atoms with Crippen LogP contribution in [0.4, 0.5) is 18.0 Å². The second-order valence-corrected chi connectivity index (χ2v) is 10.9. The highest BCUT2D eigenvalue weighted by Crippen LogP contribution is 2.39. The summed E-state index contributed by atoms with van der Waals surface area (Å²) in [4.78, 5) is 19.6. The van der Waals surface area contributed by atoms with Crippen molar-refractivity contribution in [2.75, 3.05) is 13.1 Å². The molecule has 2 aromatic heterocycles. The Kier molecular flexibility index (Phi) is 8.42. The van der Waals surface area contributed by atoms with E-state index in [-0.39, 0.29) is 16.8 Å². The number of benzene rings is 2. The number of hydrogen-bond donors (Lipinski definition) is 1. The number of carbonyl (C=O) groups excluding carboxylic acids is 1. The number of hydrogen-bond acceptors (Lipinski definition) is 4. The van der Waals surface area contributed by atoms with Gasteiger partial charge in [0, 0.05) is 54.9 Å². The van der Waals surface area contributed by atoms with E-state index in [1.54, 1.807) is 18.3 Å². The first-order chi connectivity index (χ1) is 19.1. The van der Waals surface area contributed by atoms with Gasteiger partial charge in [-0.05, 0) is 69.0 Å². The second-order valence-electron chi connectivity index (χ2n) is 9.19. The lowest BCUT2D eigenvalue weighted by Crippen LogP contribution is -2.34. The normalized spacial score (nSPS) is 14.1. The lowest BCUT2D eigenvalue weighted by Gasteiger charge is -2.27. The summed E-state index contributed by atoms with van der Waals surface area (Å²) >= 11 is 15.1. The second kappa shape index (κ2) is 11.8. The maximum atomic E-state index is 13.5. The monoisotopic (exact) mass is 652 g/mol. The maximum Gasteiger partial charge on any atom is 0.573 e. The van der Waals surface area contributed by atoms with Gasteiger partial charge in [-0.3, -0.25) is 9.47 Å². The molecule has 1 aliphatic heterocycles. The first-order valence-corrected chi connectivity index (χ1v) is 13.8. The third-order valence-corrected chi connectivity index (χ3v) is 7.57. The van der Waals surface area contributed by atoms with E-state index < -0.39 is 12.4 Å². The van der Waals surface area contributed by atoms with Gasteiger partial charge >= 0.3 is 12.4 Å². The van der Waals surface area contributed by atoms with Crippen molar-refractivity contribution in [3.63, 3.8) is 0 Å². The average Bonchev–Trinajstić information content (AvgIpc) is 3.20. The zero-order valence-corrected chi connectivity index (χ0v) is 23.9. The topological polar surface area (TPSA) is 59.4 Å². The van der Waals surface area contributed by atoms with Crippen LogP contribution in [0.2, 0.25) is 10.2 Å². The van der Waals surface area contributed by atoms with Crippen molar-refractivity contribution < 1.29 is 22.7 Å². The van der Waals surface area contributed by atoms with Crippen LogP contribution in [0, 0.1) is 0 Å². The van der Waals surface area contributed by atoms with E-state index in [4.69, 9.17) is 23.2 Å². The Hall–Kier alpha value is -3.05. The molecule has 4 aromatic rings. The standard InChI is InChI=1S/C28H22BrCl2F3N4O2/c29-22-14-24-20(13-25(22)40-28(32,33)34)21-16-37(10-1-2-17-3-5-19(30)6-4-17)11-8-23(21)38(24)27(39)36-15-18-7-9-35-26(31)12-18/h1-7,9,12-14H,8,10-11,15-16H2,(H,36,39). The van der Waals surface area contributed by atoms with E-state index in [2.05, 4.69) is 35.9 Å². The molecule has 2 aromatic carbocycles. The van der Waals surface area contributed by atoms with Crippen LogP contribution in [0.25, 0.3) is 17.0 Å². The van der Waals surface area contributed by atoms with E-state index in [1.807, 2.05) is 36.4 Å². The lowest BCUT2D eigenvalue weighted by molar-refractivity contribution is -0.274. The third-order valence-electron chi connectivity index (χ3n) is 6.49. The molecule has 0 unspecified atom stereocenters. The van der Waals surface area contributed by atoms with Gasteiger partial charge in [0.15, 0.2) is 0 Å². The minimum Gasteiger partial charge on any atom is -0.405 e. The largest absolute Gasteiger partial charge is 0.573 e. The van der Waals surface area contributed by atoms with Crippen LogP contribution >= 0.6 is 39.1 Å². The van der Waals surface area contributed by atoms with Crippen LogP contribution in [-0.2, 0) is 19.5 Å². The Bertz CT molecular complexity index is 1590. The highest BCUT2D eigenvalue weighted by Gasteiger charge is 2.33. The molecular formula is C28H22BrCl2F3N4O2. The first-order valence-electron chi connectivity index (χ1n) is 12.2. The number of amides is 1. The molecule has 0 saturated heterocycles. The van der Waals surface area contributed by atoms with Gasteiger partial charge in [0.2, 0.25) is 0 Å². The molecular weight excluding hydrogens is 632 g/mol. The molecule has 0 spiro atoms. The molecule has 1 aliphatic rings. The van der Waals surface area contributed by atoms with E-state index in [1.165, 1.54) is 16.7 Å². The van der Waals surface area contributed by atoms with Crippen molar-refractivity contribution in [3.05, 3.63) is 97.8 Å². The zero-order chi connectivity index (χ0) is 28.4. The van der Waals surface area contributed by atoms with Crippen LogP contribution in [-0.4, -0.2) is 39.9 Å². The summed E-state index contributed by atoms with van der Waals surface area (Å²) in [6.45, 7) is 1.93. The molecule has 40 heavy (non-hydrogen) atoms. The van der Waals surface area contributed by atoms with Crippen LogP contribution in [0.5, 0.6) is 5.75 Å². The fourth-order valence-corrected chi connectivity index (χ4v) is 5.46. The summed E-state index contributed by atoms with van der Waals surface area (Å²) in [6, 6.07) is 13.3. The van der Waals surface area contributed by atoms with Crippen molar-refractivity contribution in [1.82, 2.24) is 19.8 Å². The Balaban J connectivity index is 1.45. The number of ether oxygens (including phenoxy) is 1. The number of nitrogens with zero attached hydrogens (tertiary/aromatic N) is 3. The van der Waals surface area contributed by atoms with Gasteiger partial charge in [-0.2, -0.15) is 0 Å². The molecule has 6 nitrogen and oxygen atoms in total. The molecule has 5 rings (SSSR count). The Morgan fingerprint density at radius 3 is 2.65 bits per heavy atom. The number of rotatable bonds is 6. The van der Waals surface area contributed by atoms with Gasteiger partial charge in [0.1, 0.15) is 10.9 Å². The van der Waals surface area contributed by atoms with E-state index in [0.717, 1.165) is 22.4 Å². The van der Waals surface area contributed by atoms with Gasteiger partial charge in [-0.1, -0.05) is 47.5 Å². The smallest absolute Gasteiger partial charge is 0.405 e. The molecule has 0 fully saturated rings. The van der Waals surface area contributed by atoms with Crippen molar-refractivity contribution in [1.29, 1.82) is 0 Å². The fraction of sp³-hybridized carbons (Fsp3) is 0.214. The van der Waals surface area contributed by atoms with Crippen molar-refractivity contribution in [3.8, 4) is 5.75 Å². The van der Waals surface area contributed by atoms with Crippen molar-refractivity contribution in [2.45, 2.75) is 25.9 Å². The highest BCUT2D eigenvalue weighted by atomic mass is 79.9. The number of halogens is 6. The quantitative estimate of drug-likeness (QED) is 0.216. The molecule has 0 radical (unpaired) electrons. The molecule has 208 valence electrons. The molecule has 0 bridgehead atoms. The molecule has 1 amide bonds. The van der Waals surface area contributed by atoms with Gasteiger partial charge in [-0.25, -0.2) is 9.78 Å². The minimum atomic E-state index is -4.86. The molecule has 0 atom stereocenters. The Labute approximate surface area is 246 Å². The number of aromatic nitrogens is 2. The summed E-state index contributed by atoms with van der Waals surface area (Å²) in [5.74, 6) is -0.369. The Morgan fingerprint density at radius 2 is 1.93 bits per heavy atom. The van der Waals surface area contributed by atoms with Crippen molar-refractivity contribution in [2.24, 2.45) is 0 Å². The Morgan fingerprint density at radius 1 is 1.15 bits per heavy atom. The summed E-state index contributed by atoms with van der Waals surface area (Å²) in [6.07, 6.45) is 1.22. The van der Waals surface area contributed by atoms with Crippen LogP contribution in [0.15, 0.2) is 65.3 Å². The summed E-state index contributed by atoms with van der Waals surface area (Å²) in [5.41, 5.74) is 3.77. The number of alkyl halides is 3. The van der Waals surface area contributed by atoms with Gasteiger partial charge in [0.25, 0.3) is 0 Å². The lowest BCUT2D eigenvalue weighted by atomic mass is 10.0. The van der Waals surface area contributed by atoms with Gasteiger partial charge in [-0.15, -0.1) is 13.2 Å². The predicted octanol–water partition coefficient (Wildman–Crippen LogP) is 7.83. The van der Waals surface area contributed by atoms with E-state index >= 15 is 0 Å². The SMILES string of the molecule is O=C(NCc1ccnc(Cl)c1)n1c2c(c3cc(OC(F)(F)F)c(Br)cc31)CN(CC=Cc1ccc(Cl)cc1)CC2. The maximum absolute atomic E-state index is 13.5. The van der Waals surface area contributed by atoms with Crippen LogP contribution in [0.1, 0.15) is 22.4 Å². The summed E-state index contributed by atoms with van der Waals surface area (Å²) in [5, 5.41) is 4.37.